The Hall–Kier alpha value is 0.580. The molecular formula is C8H19BrN2OS. The van der Waals surface area contributed by atoms with E-state index in [-0.39, 0.29) is 14.4 Å². The quantitative estimate of drug-likeness (QED) is 0.771. The van der Waals surface area contributed by atoms with E-state index in [0.717, 1.165) is 11.5 Å². The van der Waals surface area contributed by atoms with Crippen LogP contribution in [0.5, 0.6) is 0 Å². The third-order valence-electron chi connectivity index (χ3n) is 1.53. The van der Waals surface area contributed by atoms with Gasteiger partial charge in [0.2, 0.25) is 0 Å². The molecule has 0 aromatic heterocycles. The number of nitrogens with zero attached hydrogens (tertiary/aromatic N) is 2. The summed E-state index contributed by atoms with van der Waals surface area (Å²) in [5.41, 5.74) is -0.306. The molecule has 0 amide bonds. The van der Waals surface area contributed by atoms with Gasteiger partial charge in [0.1, 0.15) is 10.5 Å². The van der Waals surface area contributed by atoms with Crippen molar-refractivity contribution in [3.05, 3.63) is 0 Å². The van der Waals surface area contributed by atoms with Gasteiger partial charge >= 0.3 is 0 Å². The maximum Gasteiger partial charge on any atom is 0.106 e. The Kier molecular flexibility index (Phi) is 6.41. The fourth-order valence-corrected chi connectivity index (χ4v) is 4.78. The predicted octanol–water partition coefficient (Wildman–Crippen LogP) is 1.50. The molecule has 0 aromatic rings. The third kappa shape index (κ3) is 4.08. The van der Waals surface area contributed by atoms with E-state index in [1.165, 1.54) is 0 Å². The first-order valence-corrected chi connectivity index (χ1v) is 7.33. The predicted molar refractivity (Wildman–Crippen MR) is 65.2 cm³/mol. The second-order valence-electron chi connectivity index (χ2n) is 3.22. The lowest BCUT2D eigenvalue weighted by Crippen LogP contribution is -2.35. The highest BCUT2D eigenvalue weighted by Gasteiger charge is 2.14. The summed E-state index contributed by atoms with van der Waals surface area (Å²) >= 11 is 3.53. The molecule has 0 heterocycles. The van der Waals surface area contributed by atoms with E-state index in [4.69, 9.17) is 0 Å². The van der Waals surface area contributed by atoms with Crippen LogP contribution in [0.4, 0.5) is 0 Å². The number of hydrogen-bond donors (Lipinski definition) is 1. The minimum absolute atomic E-state index is 0.276. The van der Waals surface area contributed by atoms with Crippen LogP contribution in [-0.4, -0.2) is 53.6 Å². The molecule has 0 rings (SSSR count). The average molecular weight is 271 g/mol. The summed E-state index contributed by atoms with van der Waals surface area (Å²) in [6, 6.07) is 0. The molecule has 0 aliphatic heterocycles. The van der Waals surface area contributed by atoms with Crippen molar-refractivity contribution in [2.24, 2.45) is 0 Å². The van der Waals surface area contributed by atoms with Gasteiger partial charge in [-0.3, -0.25) is 9.80 Å². The van der Waals surface area contributed by atoms with Gasteiger partial charge in [0.25, 0.3) is 0 Å². The molecule has 0 aliphatic rings. The minimum atomic E-state index is -0.306. The fourth-order valence-electron chi connectivity index (χ4n) is 1.02. The van der Waals surface area contributed by atoms with Crippen LogP contribution in [0.25, 0.3) is 0 Å². The van der Waals surface area contributed by atoms with Crippen LogP contribution in [0.1, 0.15) is 13.3 Å². The summed E-state index contributed by atoms with van der Waals surface area (Å²) in [6.45, 7) is 1.98. The van der Waals surface area contributed by atoms with E-state index >= 15 is 0 Å². The summed E-state index contributed by atoms with van der Waals surface area (Å²) in [6.07, 6.45) is 0.763. The lowest BCUT2D eigenvalue weighted by atomic mass is 10.5. The molecule has 0 fully saturated rings. The largest absolute Gasteiger partial charge is 0.382 e. The normalized spacial score (nSPS) is 16.4. The van der Waals surface area contributed by atoms with Gasteiger partial charge in [0.15, 0.2) is 0 Å². The summed E-state index contributed by atoms with van der Waals surface area (Å²) in [4.78, 5) is 4.05. The number of hydrogen-bond acceptors (Lipinski definition) is 1. The molecule has 0 spiro atoms. The van der Waals surface area contributed by atoms with Crippen molar-refractivity contribution in [1.82, 2.24) is 9.80 Å². The Morgan fingerprint density at radius 3 is 1.92 bits per heavy atom. The molecule has 0 radical (unpaired) electrons. The van der Waals surface area contributed by atoms with Gasteiger partial charge in [-0.05, 0) is 49.4 Å². The first-order valence-electron chi connectivity index (χ1n) is 4.20. The number of aliphatic hydroxyl groups is 1. The van der Waals surface area contributed by atoms with Crippen LogP contribution in [-0.2, 0) is 0 Å². The van der Waals surface area contributed by atoms with Gasteiger partial charge in [-0.1, -0.05) is 15.8 Å². The van der Waals surface area contributed by atoms with Crippen LogP contribution in [0.15, 0.2) is 0 Å². The van der Waals surface area contributed by atoms with Gasteiger partial charge < -0.3 is 5.11 Å². The van der Waals surface area contributed by atoms with Crippen LogP contribution >= 0.6 is 23.7 Å². The molecule has 2 atom stereocenters. The van der Waals surface area contributed by atoms with E-state index < -0.39 is 0 Å². The van der Waals surface area contributed by atoms with E-state index in [9.17, 15) is 5.11 Å². The Bertz CT molecular complexity index is 185. The summed E-state index contributed by atoms with van der Waals surface area (Å²) in [5, 5.41) is 10.8. The minimum Gasteiger partial charge on any atom is -0.382 e. The Morgan fingerprint density at radius 1 is 1.31 bits per heavy atom. The van der Waals surface area contributed by atoms with Crippen molar-refractivity contribution >= 4 is 28.8 Å². The standard InChI is InChI=1S/C8H19BrN2OS/c1-6-7(12)13(9)8(10(2)3)11(4)5/h7,12H,6H2,1-5H3. The van der Waals surface area contributed by atoms with Crippen molar-refractivity contribution in [2.45, 2.75) is 18.8 Å². The van der Waals surface area contributed by atoms with E-state index in [2.05, 4.69) is 14.8 Å². The highest BCUT2D eigenvalue weighted by molar-refractivity contribution is 9.53. The van der Waals surface area contributed by atoms with Crippen molar-refractivity contribution < 1.29 is 5.11 Å². The lowest BCUT2D eigenvalue weighted by Gasteiger charge is -2.25. The maximum absolute atomic E-state index is 9.69. The van der Waals surface area contributed by atoms with Crippen molar-refractivity contribution in [3.8, 4) is 0 Å². The van der Waals surface area contributed by atoms with Crippen LogP contribution < -0.4 is 0 Å². The lowest BCUT2D eigenvalue weighted by molar-refractivity contribution is 0.260. The molecule has 0 aliphatic carbocycles. The van der Waals surface area contributed by atoms with E-state index in [1.807, 2.05) is 44.9 Å². The van der Waals surface area contributed by atoms with Gasteiger partial charge in [0, 0.05) is 0 Å². The summed E-state index contributed by atoms with van der Waals surface area (Å²) < 4.78 is 0. The Balaban J connectivity index is 4.85. The van der Waals surface area contributed by atoms with Crippen molar-refractivity contribution in [3.63, 3.8) is 0 Å². The third-order valence-corrected chi connectivity index (χ3v) is 5.58. The number of rotatable bonds is 2. The van der Waals surface area contributed by atoms with Crippen LogP contribution in [0.3, 0.4) is 0 Å². The molecule has 2 unspecified atom stereocenters. The second-order valence-corrected chi connectivity index (χ2v) is 6.79. The SMILES string of the molecule is CCC(O)S(Br)=C(N(C)C)N(C)C. The molecule has 0 saturated carbocycles. The van der Waals surface area contributed by atoms with Gasteiger partial charge in [-0.25, -0.2) is 0 Å². The van der Waals surface area contributed by atoms with Crippen LogP contribution in [0, 0.1) is 0 Å². The highest BCUT2D eigenvalue weighted by Crippen LogP contribution is 2.32. The zero-order valence-corrected chi connectivity index (χ0v) is 11.3. The van der Waals surface area contributed by atoms with Gasteiger partial charge in [-0.15, -0.1) is 0 Å². The molecule has 5 heteroatoms. The zero-order chi connectivity index (χ0) is 10.6. The molecule has 0 aromatic carbocycles. The maximum atomic E-state index is 9.69. The molecule has 3 nitrogen and oxygen atoms in total. The average Bonchev–Trinajstić information content (AvgIpc) is 2.01. The van der Waals surface area contributed by atoms with Gasteiger partial charge in [-0.2, -0.15) is 0 Å². The summed E-state index contributed by atoms with van der Waals surface area (Å²) in [7, 11) is 7.66. The molecule has 80 valence electrons. The Morgan fingerprint density at radius 2 is 1.69 bits per heavy atom. The van der Waals surface area contributed by atoms with E-state index in [1.54, 1.807) is 0 Å². The number of aliphatic hydroxyl groups excluding tert-OH is 1. The molecular weight excluding hydrogens is 252 g/mol. The Labute approximate surface area is 90.8 Å². The number of halogens is 1. The van der Waals surface area contributed by atoms with Crippen molar-refractivity contribution in [1.29, 1.82) is 0 Å². The summed E-state index contributed by atoms with van der Waals surface area (Å²) in [5.74, 6) is 0. The molecule has 13 heavy (non-hydrogen) atoms. The van der Waals surface area contributed by atoms with Crippen molar-refractivity contribution in [2.75, 3.05) is 28.2 Å². The monoisotopic (exact) mass is 270 g/mol. The molecule has 1 N–H and O–H groups in total. The molecule has 0 bridgehead atoms. The fraction of sp³-hybridized carbons (Fsp3) is 0.875. The second kappa shape index (κ2) is 6.14. The van der Waals surface area contributed by atoms with Gasteiger partial charge in [0.05, 0.1) is 0 Å². The topological polar surface area (TPSA) is 26.7 Å². The van der Waals surface area contributed by atoms with Crippen LogP contribution in [0.2, 0.25) is 0 Å². The molecule has 0 saturated heterocycles. The highest BCUT2D eigenvalue weighted by atomic mass is 79.9. The van der Waals surface area contributed by atoms with E-state index in [0.29, 0.717) is 0 Å². The first kappa shape index (κ1) is 13.6. The first-order chi connectivity index (χ1) is 5.91. The smallest absolute Gasteiger partial charge is 0.106 e. The zero-order valence-electron chi connectivity index (χ0n) is 8.91.